The topological polar surface area (TPSA) is 50.9 Å². The first kappa shape index (κ1) is 22.7. The Hall–Kier alpha value is -7.04. The van der Waals surface area contributed by atoms with Crippen molar-refractivity contribution in [1.29, 1.82) is 0 Å². The van der Waals surface area contributed by atoms with Crippen molar-refractivity contribution < 1.29 is 33.9 Å². The first-order valence-corrected chi connectivity index (χ1v) is 19.8. The summed E-state index contributed by atoms with van der Waals surface area (Å²) < 4.78 is 184. The number of pyridine rings is 1. The number of phenols is 1. The Morgan fingerprint density at radius 3 is 1.92 bits per heavy atom. The fourth-order valence-electron chi connectivity index (χ4n) is 7.89. The van der Waals surface area contributed by atoms with Crippen LogP contribution in [0.5, 0.6) is 5.75 Å². The second-order valence-corrected chi connectivity index (χ2v) is 15.4. The van der Waals surface area contributed by atoms with Gasteiger partial charge in [0, 0.05) is 57.2 Å². The molecule has 2 aromatic heterocycles. The minimum atomic E-state index is -4.20. The normalized spacial score (nSPS) is 18.4. The molecular weight excluding hydrogens is 755 g/mol. The largest absolute Gasteiger partial charge is 0.507 e. The summed E-state index contributed by atoms with van der Waals surface area (Å²) in [5.74, 6) is -2.00. The molecule has 0 atom stereocenters. The molecule has 0 amide bonds. The molecule has 0 aliphatic rings. The predicted octanol–water partition coefficient (Wildman–Crippen LogP) is 15.3. The van der Waals surface area contributed by atoms with Gasteiger partial charge in [-0.3, -0.25) is 9.55 Å². The van der Waals surface area contributed by atoms with Gasteiger partial charge in [-0.15, -0.1) is 0 Å². The van der Waals surface area contributed by atoms with Crippen molar-refractivity contribution in [1.82, 2.24) is 14.5 Å². The zero-order chi connectivity index (χ0) is 60.8. The Labute approximate surface area is 395 Å². The van der Waals surface area contributed by atoms with Gasteiger partial charge in [0.2, 0.25) is 0 Å². The number of rotatable bonds is 7. The van der Waals surface area contributed by atoms with E-state index >= 15 is 0 Å². The molecule has 0 unspecified atom stereocenters. The Kier molecular flexibility index (Phi) is 5.77. The maximum atomic E-state index is 13.0. The van der Waals surface area contributed by atoms with Crippen molar-refractivity contribution in [3.05, 3.63) is 192 Å². The molecule has 0 radical (unpaired) electrons. The molecular formula is C58H53N3O. The number of hydrogen-bond donors (Lipinski definition) is 1. The van der Waals surface area contributed by atoms with Crippen molar-refractivity contribution in [2.45, 2.75) is 65.7 Å². The number of aromatic hydroxyl groups is 1. The standard InChI is InChI=1S/C58H53N3O/c1-37-22-25-40(26-23-37)42-28-29-59-51(34-42)45-32-43(39-16-11-9-12-17-39)31-44(33-45)47-20-15-21-53-54(47)60-56(49-35-46(57(3,4)5)36-50(55(49)62)58(6,7)8)61(53)52-27-24-38(2)30-48(52)41-18-13-10-14-19-41/h9-36,62H,1-8H3/i2D3,3D3,4D3,5D3,6D3,7D3,8D3. The summed E-state index contributed by atoms with van der Waals surface area (Å²) in [6.45, 7) is -25.6. The summed E-state index contributed by atoms with van der Waals surface area (Å²) in [5, 5.41) is 13.0. The van der Waals surface area contributed by atoms with Crippen molar-refractivity contribution in [3.63, 3.8) is 0 Å². The lowest BCUT2D eigenvalue weighted by Gasteiger charge is -2.27. The van der Waals surface area contributed by atoms with E-state index in [4.69, 9.17) is 38.8 Å². The zero-order valence-corrected chi connectivity index (χ0v) is 33.5. The van der Waals surface area contributed by atoms with Crippen molar-refractivity contribution in [2.75, 3.05) is 0 Å². The number of imidazole rings is 1. The van der Waals surface area contributed by atoms with E-state index in [1.165, 1.54) is 22.8 Å². The van der Waals surface area contributed by atoms with Gasteiger partial charge >= 0.3 is 0 Å². The highest BCUT2D eigenvalue weighted by Crippen LogP contribution is 2.46. The third kappa shape index (κ3) is 7.74. The quantitative estimate of drug-likeness (QED) is 0.174. The lowest BCUT2D eigenvalue weighted by Crippen LogP contribution is -2.17. The van der Waals surface area contributed by atoms with E-state index in [0.29, 0.717) is 39.6 Å². The van der Waals surface area contributed by atoms with E-state index in [1.54, 1.807) is 54.7 Å². The number of nitrogens with zero attached hydrogens (tertiary/aromatic N) is 3. The molecule has 0 aliphatic heterocycles. The van der Waals surface area contributed by atoms with Crippen LogP contribution >= 0.6 is 0 Å². The first-order valence-electron chi connectivity index (χ1n) is 30.3. The van der Waals surface area contributed by atoms with Crippen LogP contribution in [0.1, 0.15) is 92.2 Å². The summed E-state index contributed by atoms with van der Waals surface area (Å²) in [6.07, 6.45) is 1.68. The maximum Gasteiger partial charge on any atom is 0.149 e. The third-order valence-corrected chi connectivity index (χ3v) is 11.0. The minimum Gasteiger partial charge on any atom is -0.507 e. The van der Waals surface area contributed by atoms with Crippen LogP contribution in [-0.2, 0) is 10.8 Å². The van der Waals surface area contributed by atoms with Gasteiger partial charge in [0.05, 0.1) is 28.0 Å². The second-order valence-electron chi connectivity index (χ2n) is 15.4. The molecule has 7 aromatic carbocycles. The number of para-hydroxylation sites is 1. The molecule has 9 aromatic rings. The molecule has 62 heavy (non-hydrogen) atoms. The average molecular weight is 829 g/mol. The summed E-state index contributed by atoms with van der Waals surface area (Å²) in [5.41, 5.74) is -4.83. The van der Waals surface area contributed by atoms with Crippen molar-refractivity contribution in [3.8, 4) is 78.6 Å². The minimum absolute atomic E-state index is 0.0627. The van der Waals surface area contributed by atoms with E-state index in [9.17, 15) is 5.11 Å². The van der Waals surface area contributed by atoms with Crippen LogP contribution in [0, 0.1) is 13.8 Å². The summed E-state index contributed by atoms with van der Waals surface area (Å²) in [4.78, 5) is 9.91. The molecule has 1 N–H and O–H groups in total. The van der Waals surface area contributed by atoms with Gasteiger partial charge in [-0.05, 0) is 118 Å². The molecule has 0 bridgehead atoms. The van der Waals surface area contributed by atoms with Gasteiger partial charge in [0.25, 0.3) is 0 Å². The van der Waals surface area contributed by atoms with Crippen LogP contribution in [0.3, 0.4) is 0 Å². The van der Waals surface area contributed by atoms with E-state index in [1.807, 2.05) is 91.9 Å². The second kappa shape index (κ2) is 15.8. The molecule has 0 fully saturated rings. The molecule has 2 heterocycles. The van der Waals surface area contributed by atoms with Gasteiger partial charge in [0.1, 0.15) is 11.6 Å². The predicted molar refractivity (Wildman–Crippen MR) is 260 cm³/mol. The first-order chi connectivity index (χ1) is 38.4. The number of phenolic OH excluding ortho intramolecular Hbond substituents is 1. The number of hydrogen-bond acceptors (Lipinski definition) is 3. The van der Waals surface area contributed by atoms with Crippen LogP contribution in [0.15, 0.2) is 170 Å². The van der Waals surface area contributed by atoms with E-state index in [0.717, 1.165) is 22.3 Å². The van der Waals surface area contributed by atoms with Gasteiger partial charge in [-0.1, -0.05) is 161 Å². The third-order valence-electron chi connectivity index (χ3n) is 11.0. The Morgan fingerprint density at radius 2 is 1.19 bits per heavy atom. The molecule has 4 heteroatoms. The van der Waals surface area contributed by atoms with Gasteiger partial charge in [-0.25, -0.2) is 4.98 Å². The van der Waals surface area contributed by atoms with Crippen molar-refractivity contribution >= 4 is 11.0 Å². The SMILES string of the molecule is [2H]C([2H])([2H])c1ccc(-n2c(-c3cc(C(C([2H])([2H])[2H])(C([2H])([2H])[2H])C([2H])([2H])[2H])cc(C(C([2H])([2H])[2H])(C([2H])([2H])[2H])C([2H])([2H])[2H])c3O)nc3c(-c4cc(-c5ccccc5)cc(-c5cc(-c6ccc(C)cc6)ccn5)c4)cccc32)c(-c2ccccc2)c1. The Morgan fingerprint density at radius 1 is 0.516 bits per heavy atom. The van der Waals surface area contributed by atoms with Gasteiger partial charge in [-0.2, -0.15) is 0 Å². The molecule has 0 saturated heterocycles. The highest BCUT2D eigenvalue weighted by Gasteiger charge is 2.29. The molecule has 4 nitrogen and oxygen atoms in total. The fourth-order valence-corrected chi connectivity index (χ4v) is 7.89. The highest BCUT2D eigenvalue weighted by atomic mass is 16.3. The van der Waals surface area contributed by atoms with Gasteiger partial charge in [0.15, 0.2) is 0 Å². The molecule has 9 rings (SSSR count). The Balaban J connectivity index is 1.50. The highest BCUT2D eigenvalue weighted by molar-refractivity contribution is 5.98. The zero-order valence-electron chi connectivity index (χ0n) is 54.5. The molecule has 0 aliphatic carbocycles. The number of benzene rings is 7. The van der Waals surface area contributed by atoms with E-state index in [2.05, 4.69) is 0 Å². The van der Waals surface area contributed by atoms with Crippen LogP contribution in [0.4, 0.5) is 0 Å². The monoisotopic (exact) mass is 829 g/mol. The average Bonchev–Trinajstić information content (AvgIpc) is 1.51. The summed E-state index contributed by atoms with van der Waals surface area (Å²) >= 11 is 0. The molecule has 0 saturated carbocycles. The smallest absolute Gasteiger partial charge is 0.149 e. The van der Waals surface area contributed by atoms with Crippen LogP contribution in [-0.4, -0.2) is 19.6 Å². The van der Waals surface area contributed by atoms with E-state index < -0.39 is 87.1 Å². The van der Waals surface area contributed by atoms with Crippen LogP contribution < -0.4 is 0 Å². The molecule has 0 spiro atoms. The lowest BCUT2D eigenvalue weighted by molar-refractivity contribution is 0.446. The number of aromatic nitrogens is 3. The summed E-state index contributed by atoms with van der Waals surface area (Å²) in [6, 6.07) is 45.1. The maximum absolute atomic E-state index is 13.0. The van der Waals surface area contributed by atoms with Crippen LogP contribution in [0.2, 0.25) is 0 Å². The van der Waals surface area contributed by atoms with E-state index in [-0.39, 0.29) is 33.9 Å². The Bertz CT molecular complexity index is 3820. The molecule has 306 valence electrons. The number of aryl methyl sites for hydroxylation is 2. The van der Waals surface area contributed by atoms with Crippen molar-refractivity contribution in [2.24, 2.45) is 0 Å². The van der Waals surface area contributed by atoms with Crippen LogP contribution in [0.25, 0.3) is 83.9 Å². The number of fused-ring (bicyclic) bond motifs is 1. The van der Waals surface area contributed by atoms with Gasteiger partial charge < -0.3 is 5.11 Å². The fraction of sp³-hybridized carbons (Fsp3) is 0.172. The summed E-state index contributed by atoms with van der Waals surface area (Å²) in [7, 11) is 0. The lowest BCUT2D eigenvalue weighted by atomic mass is 9.79.